The second-order valence-electron chi connectivity index (χ2n) is 9.83. The summed E-state index contributed by atoms with van der Waals surface area (Å²) in [6, 6.07) is 11.4. The van der Waals surface area contributed by atoms with Crippen LogP contribution in [0.4, 0.5) is 0 Å². The van der Waals surface area contributed by atoms with Crippen molar-refractivity contribution in [1.29, 1.82) is 0 Å². The van der Waals surface area contributed by atoms with Crippen molar-refractivity contribution >= 4 is 21.1 Å². The lowest BCUT2D eigenvalue weighted by molar-refractivity contribution is 0.156. The van der Waals surface area contributed by atoms with Gasteiger partial charge in [0.2, 0.25) is 0 Å². The highest BCUT2D eigenvalue weighted by Crippen LogP contribution is 2.38. The van der Waals surface area contributed by atoms with Crippen LogP contribution >= 0.6 is 0 Å². The van der Waals surface area contributed by atoms with Gasteiger partial charge in [-0.2, -0.15) is 5.10 Å². The first-order valence-electron chi connectivity index (χ1n) is 13.0. The van der Waals surface area contributed by atoms with Crippen LogP contribution in [0.25, 0.3) is 22.2 Å². The van der Waals surface area contributed by atoms with Crippen LogP contribution in [0.15, 0.2) is 66.1 Å². The highest BCUT2D eigenvalue weighted by Gasteiger charge is 2.28. The third-order valence-electron chi connectivity index (χ3n) is 7.55. The van der Waals surface area contributed by atoms with E-state index in [2.05, 4.69) is 29.9 Å². The third-order valence-corrected chi connectivity index (χ3v) is 9.21. The largest absolute Gasteiger partial charge is 0.301 e. The molecule has 1 fully saturated rings. The minimum absolute atomic E-state index is 0.247. The van der Waals surface area contributed by atoms with Gasteiger partial charge >= 0.3 is 0 Å². The van der Waals surface area contributed by atoms with Crippen LogP contribution in [-0.4, -0.2) is 51.2 Å². The molecule has 1 saturated carbocycles. The summed E-state index contributed by atoms with van der Waals surface area (Å²) >= 11 is 0. The molecule has 3 heterocycles. The number of aryl methyl sites for hydroxylation is 1. The smallest absolute Gasteiger partial charge is 0.269 e. The molecule has 8 heteroatoms. The molecule has 0 spiro atoms. The van der Waals surface area contributed by atoms with Gasteiger partial charge < -0.3 is 4.90 Å². The van der Waals surface area contributed by atoms with Gasteiger partial charge in [0.25, 0.3) is 10.0 Å². The second-order valence-corrected chi connectivity index (χ2v) is 11.6. The normalized spacial score (nSPS) is 18.8. The van der Waals surface area contributed by atoms with Gasteiger partial charge in [0.1, 0.15) is 0 Å². The molecule has 5 rings (SSSR count). The van der Waals surface area contributed by atoms with Gasteiger partial charge in [-0.05, 0) is 74.9 Å². The van der Waals surface area contributed by atoms with E-state index in [0.717, 1.165) is 42.4 Å². The number of hydrogen-bond donors (Lipinski definition) is 0. The van der Waals surface area contributed by atoms with E-state index in [1.54, 1.807) is 41.3 Å². The standard InChI is InChI=1S/C28H35N5O2S/c1-4-15-32(5-2)24-13-11-21(12-14-24)22-16-26-27(23-18-30-31(3)19-23)20-33(28(26)29-17-22)36(34,35)25-9-7-6-8-10-25/h6-10,16-21,24H,4-5,11-15H2,1-3H3. The first-order valence-corrected chi connectivity index (χ1v) is 14.4. The fourth-order valence-electron chi connectivity index (χ4n) is 5.66. The molecule has 1 aliphatic rings. The fraction of sp³-hybridized carbons (Fsp3) is 0.429. The molecule has 0 unspecified atom stereocenters. The van der Waals surface area contributed by atoms with Crippen molar-refractivity contribution in [3.63, 3.8) is 0 Å². The van der Waals surface area contributed by atoms with Crippen molar-refractivity contribution in [3.8, 4) is 11.1 Å². The molecule has 190 valence electrons. The molecule has 0 atom stereocenters. The van der Waals surface area contributed by atoms with Crippen LogP contribution in [0.3, 0.4) is 0 Å². The lowest BCUT2D eigenvalue weighted by atomic mass is 9.81. The predicted molar refractivity (Wildman–Crippen MR) is 143 cm³/mol. The zero-order valence-corrected chi connectivity index (χ0v) is 22.2. The fourth-order valence-corrected chi connectivity index (χ4v) is 7.00. The highest BCUT2D eigenvalue weighted by atomic mass is 32.2. The van der Waals surface area contributed by atoms with Crippen LogP contribution < -0.4 is 0 Å². The summed E-state index contributed by atoms with van der Waals surface area (Å²) < 4.78 is 30.2. The number of hydrogen-bond acceptors (Lipinski definition) is 5. The number of aromatic nitrogens is 4. The average Bonchev–Trinajstić information content (AvgIpc) is 3.51. The van der Waals surface area contributed by atoms with E-state index in [1.165, 1.54) is 28.8 Å². The molecule has 4 aromatic rings. The lowest BCUT2D eigenvalue weighted by Crippen LogP contribution is -2.38. The summed E-state index contributed by atoms with van der Waals surface area (Å²) in [6.45, 7) is 6.78. The summed E-state index contributed by atoms with van der Waals surface area (Å²) in [5, 5.41) is 5.17. The van der Waals surface area contributed by atoms with Gasteiger partial charge in [-0.25, -0.2) is 17.4 Å². The van der Waals surface area contributed by atoms with Gasteiger partial charge in [0.15, 0.2) is 5.65 Å². The zero-order chi connectivity index (χ0) is 25.3. The SMILES string of the molecule is CCCN(CC)C1CCC(c2cnc3c(c2)c(-c2cnn(C)c2)cn3S(=O)(=O)c2ccccc2)CC1. The molecule has 0 amide bonds. The molecule has 0 N–H and O–H groups in total. The maximum atomic E-state index is 13.6. The molecule has 0 bridgehead atoms. The topological polar surface area (TPSA) is 73.0 Å². The Hall–Kier alpha value is -2.97. The Kier molecular flexibility index (Phi) is 6.99. The lowest BCUT2D eigenvalue weighted by Gasteiger charge is -2.36. The summed E-state index contributed by atoms with van der Waals surface area (Å²) in [4.78, 5) is 7.61. The molecule has 36 heavy (non-hydrogen) atoms. The minimum Gasteiger partial charge on any atom is -0.301 e. The maximum absolute atomic E-state index is 13.6. The van der Waals surface area contributed by atoms with Gasteiger partial charge in [0, 0.05) is 48.2 Å². The summed E-state index contributed by atoms with van der Waals surface area (Å²) in [7, 11) is -1.92. The molecule has 3 aromatic heterocycles. The zero-order valence-electron chi connectivity index (χ0n) is 21.3. The van der Waals surface area contributed by atoms with Crippen LogP contribution in [0, 0.1) is 0 Å². The van der Waals surface area contributed by atoms with Crippen molar-refractivity contribution in [2.45, 2.75) is 62.8 Å². The van der Waals surface area contributed by atoms with Crippen LogP contribution in [0.2, 0.25) is 0 Å². The Morgan fingerprint density at radius 1 is 1.03 bits per heavy atom. The average molecular weight is 506 g/mol. The van der Waals surface area contributed by atoms with Crippen molar-refractivity contribution in [2.75, 3.05) is 13.1 Å². The number of fused-ring (bicyclic) bond motifs is 1. The molecule has 1 aromatic carbocycles. The van der Waals surface area contributed by atoms with E-state index in [-0.39, 0.29) is 4.90 Å². The van der Waals surface area contributed by atoms with E-state index in [0.29, 0.717) is 17.6 Å². The van der Waals surface area contributed by atoms with Crippen molar-refractivity contribution in [3.05, 3.63) is 66.7 Å². The van der Waals surface area contributed by atoms with Crippen LogP contribution in [0.1, 0.15) is 57.4 Å². The summed E-state index contributed by atoms with van der Waals surface area (Å²) in [5.41, 5.74) is 3.36. The maximum Gasteiger partial charge on any atom is 0.269 e. The third kappa shape index (κ3) is 4.60. The summed E-state index contributed by atoms with van der Waals surface area (Å²) in [5.74, 6) is 0.439. The monoisotopic (exact) mass is 505 g/mol. The Balaban J connectivity index is 1.53. The molecule has 0 aliphatic heterocycles. The van der Waals surface area contributed by atoms with Crippen molar-refractivity contribution in [2.24, 2.45) is 7.05 Å². The van der Waals surface area contributed by atoms with Gasteiger partial charge in [-0.1, -0.05) is 32.0 Å². The first kappa shape index (κ1) is 24.7. The Morgan fingerprint density at radius 3 is 2.42 bits per heavy atom. The Bertz CT molecular complexity index is 1430. The Morgan fingerprint density at radius 2 is 1.78 bits per heavy atom. The van der Waals surface area contributed by atoms with Gasteiger partial charge in [0.05, 0.1) is 11.1 Å². The molecule has 0 radical (unpaired) electrons. The van der Waals surface area contributed by atoms with E-state index in [9.17, 15) is 8.42 Å². The number of nitrogens with zero attached hydrogens (tertiary/aromatic N) is 5. The number of pyridine rings is 1. The van der Waals surface area contributed by atoms with E-state index >= 15 is 0 Å². The van der Waals surface area contributed by atoms with Gasteiger partial charge in [-0.15, -0.1) is 0 Å². The van der Waals surface area contributed by atoms with Crippen LogP contribution in [0.5, 0.6) is 0 Å². The number of rotatable bonds is 8. The Labute approximate surface area is 213 Å². The highest BCUT2D eigenvalue weighted by molar-refractivity contribution is 7.90. The molecular weight excluding hydrogens is 470 g/mol. The van der Waals surface area contributed by atoms with Crippen molar-refractivity contribution < 1.29 is 8.42 Å². The predicted octanol–water partition coefficient (Wildman–Crippen LogP) is 5.43. The van der Waals surface area contributed by atoms with Crippen molar-refractivity contribution in [1.82, 2.24) is 23.6 Å². The van der Waals surface area contributed by atoms with Gasteiger partial charge in [-0.3, -0.25) is 4.68 Å². The quantitative estimate of drug-likeness (QED) is 0.319. The molecular formula is C28H35N5O2S. The minimum atomic E-state index is -3.79. The van der Waals surface area contributed by atoms with Crippen LogP contribution in [-0.2, 0) is 17.1 Å². The molecule has 7 nitrogen and oxygen atoms in total. The summed E-state index contributed by atoms with van der Waals surface area (Å²) in [6.07, 6.45) is 13.1. The molecule has 0 saturated heterocycles. The first-order chi connectivity index (χ1) is 17.4. The van der Waals surface area contributed by atoms with E-state index < -0.39 is 10.0 Å². The number of benzene rings is 1. The van der Waals surface area contributed by atoms with E-state index in [1.807, 2.05) is 25.5 Å². The second kappa shape index (κ2) is 10.2. The molecule has 1 aliphatic carbocycles. The van der Waals surface area contributed by atoms with E-state index in [4.69, 9.17) is 4.98 Å².